The van der Waals surface area contributed by atoms with Gasteiger partial charge < -0.3 is 9.64 Å². The van der Waals surface area contributed by atoms with Crippen LogP contribution in [0.2, 0.25) is 0 Å². The van der Waals surface area contributed by atoms with E-state index in [2.05, 4.69) is 14.7 Å². The van der Waals surface area contributed by atoms with Gasteiger partial charge in [-0.05, 0) is 37.1 Å². The minimum Gasteiger partial charge on any atom is -0.492 e. The van der Waals surface area contributed by atoms with E-state index < -0.39 is 0 Å². The molecule has 2 aliphatic rings. The van der Waals surface area contributed by atoms with E-state index in [1.54, 1.807) is 12.1 Å². The van der Waals surface area contributed by atoms with Crippen LogP contribution in [0.3, 0.4) is 0 Å². The second-order valence-corrected chi connectivity index (χ2v) is 7.22. The molecule has 2 heterocycles. The van der Waals surface area contributed by atoms with Crippen molar-refractivity contribution < 1.29 is 13.9 Å². The highest BCUT2D eigenvalue weighted by Crippen LogP contribution is 2.12. The first-order valence-electron chi connectivity index (χ1n) is 9.81. The summed E-state index contributed by atoms with van der Waals surface area (Å²) in [5, 5.41) is 0. The van der Waals surface area contributed by atoms with Gasteiger partial charge in [0, 0.05) is 45.8 Å². The van der Waals surface area contributed by atoms with Gasteiger partial charge >= 0.3 is 0 Å². The van der Waals surface area contributed by atoms with E-state index >= 15 is 0 Å². The smallest absolute Gasteiger partial charge is 0.236 e. The number of carbonyl (C=O) groups is 1. The number of hydrogen-bond donors (Lipinski definition) is 0. The van der Waals surface area contributed by atoms with Crippen molar-refractivity contribution in [2.75, 3.05) is 59.0 Å². The molecule has 0 unspecified atom stereocenters. The molecule has 2 fully saturated rings. The average Bonchev–Trinajstić information content (AvgIpc) is 2.94. The zero-order valence-electron chi connectivity index (χ0n) is 15.5. The van der Waals surface area contributed by atoms with Gasteiger partial charge in [0.15, 0.2) is 0 Å². The van der Waals surface area contributed by atoms with Crippen LogP contribution in [0.5, 0.6) is 5.75 Å². The number of amides is 1. The summed E-state index contributed by atoms with van der Waals surface area (Å²) in [6, 6.07) is 6.13. The molecular formula is C20H30FN3O2. The van der Waals surface area contributed by atoms with Crippen LogP contribution in [-0.2, 0) is 4.79 Å². The normalized spacial score (nSPS) is 20.0. The third kappa shape index (κ3) is 5.95. The van der Waals surface area contributed by atoms with Crippen LogP contribution in [0.25, 0.3) is 0 Å². The van der Waals surface area contributed by atoms with Crippen molar-refractivity contribution in [3.8, 4) is 5.75 Å². The number of benzene rings is 1. The molecule has 1 aromatic rings. The molecule has 2 aliphatic heterocycles. The van der Waals surface area contributed by atoms with Gasteiger partial charge in [-0.15, -0.1) is 0 Å². The third-order valence-electron chi connectivity index (χ3n) is 5.27. The lowest BCUT2D eigenvalue weighted by molar-refractivity contribution is -0.132. The Kier molecular flexibility index (Phi) is 7.26. The lowest BCUT2D eigenvalue weighted by atomic mass is 10.2. The molecule has 5 nitrogen and oxygen atoms in total. The van der Waals surface area contributed by atoms with E-state index in [9.17, 15) is 9.18 Å². The van der Waals surface area contributed by atoms with Crippen LogP contribution in [0.15, 0.2) is 24.3 Å². The van der Waals surface area contributed by atoms with Gasteiger partial charge in [0.05, 0.1) is 6.54 Å². The first kappa shape index (κ1) is 19.1. The van der Waals surface area contributed by atoms with Crippen molar-refractivity contribution in [3.63, 3.8) is 0 Å². The van der Waals surface area contributed by atoms with Crippen molar-refractivity contribution in [2.45, 2.75) is 25.7 Å². The molecule has 3 rings (SSSR count). The monoisotopic (exact) mass is 363 g/mol. The number of hydrogen-bond acceptors (Lipinski definition) is 4. The molecule has 0 aliphatic carbocycles. The fraction of sp³-hybridized carbons (Fsp3) is 0.650. The predicted octanol–water partition coefficient (Wildman–Crippen LogP) is 2.22. The van der Waals surface area contributed by atoms with Gasteiger partial charge in [-0.2, -0.15) is 0 Å². The van der Waals surface area contributed by atoms with Gasteiger partial charge in [0.2, 0.25) is 5.91 Å². The Morgan fingerprint density at radius 2 is 1.50 bits per heavy atom. The molecule has 144 valence electrons. The summed E-state index contributed by atoms with van der Waals surface area (Å²) in [7, 11) is 0. The van der Waals surface area contributed by atoms with E-state index in [1.807, 2.05) is 0 Å². The van der Waals surface area contributed by atoms with E-state index in [0.717, 1.165) is 58.7 Å². The third-order valence-corrected chi connectivity index (χ3v) is 5.27. The van der Waals surface area contributed by atoms with Crippen molar-refractivity contribution >= 4 is 5.91 Å². The minimum atomic E-state index is -0.247. The zero-order valence-corrected chi connectivity index (χ0v) is 15.5. The van der Waals surface area contributed by atoms with Crippen molar-refractivity contribution in [1.29, 1.82) is 0 Å². The maximum Gasteiger partial charge on any atom is 0.236 e. The molecule has 0 saturated carbocycles. The Morgan fingerprint density at radius 3 is 2.15 bits per heavy atom. The van der Waals surface area contributed by atoms with Crippen molar-refractivity contribution in [2.24, 2.45) is 0 Å². The summed E-state index contributed by atoms with van der Waals surface area (Å²) in [4.78, 5) is 19.2. The highest BCUT2D eigenvalue weighted by atomic mass is 19.1. The van der Waals surface area contributed by atoms with E-state index in [0.29, 0.717) is 24.8 Å². The number of rotatable bonds is 6. The van der Waals surface area contributed by atoms with Crippen molar-refractivity contribution in [3.05, 3.63) is 30.1 Å². The van der Waals surface area contributed by atoms with Gasteiger partial charge in [-0.1, -0.05) is 12.8 Å². The summed E-state index contributed by atoms with van der Waals surface area (Å²) in [5.74, 6) is 0.747. The topological polar surface area (TPSA) is 36.0 Å². The van der Waals surface area contributed by atoms with Gasteiger partial charge in [0.25, 0.3) is 0 Å². The highest BCUT2D eigenvalue weighted by Gasteiger charge is 2.22. The summed E-state index contributed by atoms with van der Waals surface area (Å²) < 4.78 is 18.5. The Morgan fingerprint density at radius 1 is 0.885 bits per heavy atom. The number of carbonyl (C=O) groups excluding carboxylic acids is 1. The molecule has 0 N–H and O–H groups in total. The fourth-order valence-electron chi connectivity index (χ4n) is 3.61. The zero-order chi connectivity index (χ0) is 18.2. The Bertz CT molecular complexity index is 551. The fourth-order valence-corrected chi connectivity index (χ4v) is 3.61. The van der Waals surface area contributed by atoms with Crippen LogP contribution < -0.4 is 4.74 Å². The molecule has 2 saturated heterocycles. The quantitative estimate of drug-likeness (QED) is 0.777. The molecule has 0 spiro atoms. The van der Waals surface area contributed by atoms with Crippen LogP contribution in [-0.4, -0.2) is 79.6 Å². The minimum absolute atomic E-state index is 0.247. The second kappa shape index (κ2) is 9.88. The molecule has 6 heteroatoms. The van der Waals surface area contributed by atoms with Gasteiger partial charge in [-0.3, -0.25) is 14.6 Å². The second-order valence-electron chi connectivity index (χ2n) is 7.22. The maximum atomic E-state index is 12.9. The van der Waals surface area contributed by atoms with E-state index in [-0.39, 0.29) is 5.82 Å². The molecule has 0 radical (unpaired) electrons. The predicted molar refractivity (Wildman–Crippen MR) is 99.8 cm³/mol. The summed E-state index contributed by atoms with van der Waals surface area (Å²) in [6.45, 7) is 7.63. The average molecular weight is 363 g/mol. The molecule has 0 aromatic heterocycles. The van der Waals surface area contributed by atoms with Crippen LogP contribution in [0, 0.1) is 5.82 Å². The highest BCUT2D eigenvalue weighted by molar-refractivity contribution is 5.78. The lowest BCUT2D eigenvalue weighted by Gasteiger charge is -2.35. The Balaban J connectivity index is 1.32. The summed E-state index contributed by atoms with van der Waals surface area (Å²) >= 11 is 0. The molecular weight excluding hydrogens is 333 g/mol. The molecule has 0 bridgehead atoms. The lowest BCUT2D eigenvalue weighted by Crippen LogP contribution is -2.50. The largest absolute Gasteiger partial charge is 0.492 e. The van der Waals surface area contributed by atoms with Crippen LogP contribution in [0.4, 0.5) is 4.39 Å². The first-order valence-corrected chi connectivity index (χ1v) is 9.81. The van der Waals surface area contributed by atoms with Crippen molar-refractivity contribution in [1.82, 2.24) is 14.7 Å². The standard InChI is InChI=1S/C20H30FN3O2/c21-18-5-7-19(8-6-18)26-16-15-22-11-13-23(14-12-22)17-20(25)24-9-3-1-2-4-10-24/h5-8H,1-4,9-17H2. The Labute approximate surface area is 155 Å². The number of halogens is 1. The number of likely N-dealkylation sites (tertiary alicyclic amines) is 1. The number of nitrogens with zero attached hydrogens (tertiary/aromatic N) is 3. The van der Waals surface area contributed by atoms with Gasteiger partial charge in [0.1, 0.15) is 18.2 Å². The Hall–Kier alpha value is -1.66. The summed E-state index contributed by atoms with van der Waals surface area (Å²) in [6.07, 6.45) is 4.80. The number of ether oxygens (including phenoxy) is 1. The SMILES string of the molecule is O=C(CN1CCN(CCOc2ccc(F)cc2)CC1)N1CCCCCC1. The number of piperazine rings is 1. The molecule has 1 aromatic carbocycles. The first-order chi connectivity index (χ1) is 12.7. The summed E-state index contributed by atoms with van der Waals surface area (Å²) in [5.41, 5.74) is 0. The molecule has 26 heavy (non-hydrogen) atoms. The van der Waals surface area contributed by atoms with Crippen LogP contribution in [0.1, 0.15) is 25.7 Å². The molecule has 0 atom stereocenters. The van der Waals surface area contributed by atoms with E-state index in [1.165, 1.54) is 25.0 Å². The maximum absolute atomic E-state index is 12.9. The van der Waals surface area contributed by atoms with Crippen LogP contribution >= 0.6 is 0 Å². The van der Waals surface area contributed by atoms with E-state index in [4.69, 9.17) is 4.74 Å². The molecule has 1 amide bonds. The van der Waals surface area contributed by atoms with Gasteiger partial charge in [-0.25, -0.2) is 4.39 Å².